The lowest BCUT2D eigenvalue weighted by molar-refractivity contribution is -0.370. The maximum atomic E-state index is 10.7. The summed E-state index contributed by atoms with van der Waals surface area (Å²) >= 11 is 6.16. The fourth-order valence-corrected chi connectivity index (χ4v) is 2.58. The van der Waals surface area contributed by atoms with Gasteiger partial charge in [0.2, 0.25) is 5.88 Å². The number of aryl methyl sites for hydroxylation is 1. The van der Waals surface area contributed by atoms with Gasteiger partial charge in [-0.3, -0.25) is 4.98 Å². The Balaban J connectivity index is 1.83. The number of halogens is 1. The minimum Gasteiger partial charge on any atom is -0.854 e. The molecule has 0 aliphatic heterocycles. The van der Waals surface area contributed by atoms with Crippen LogP contribution in [0.4, 0.5) is 11.6 Å². The first-order chi connectivity index (χ1) is 12.1. The summed E-state index contributed by atoms with van der Waals surface area (Å²) in [6, 6.07) is 7.58. The highest BCUT2D eigenvalue weighted by Crippen LogP contribution is 2.25. The molecule has 3 aromatic rings. The molecule has 130 valence electrons. The van der Waals surface area contributed by atoms with Crippen molar-refractivity contribution in [2.24, 2.45) is 0 Å². The van der Waals surface area contributed by atoms with Crippen LogP contribution in [0, 0.1) is 6.92 Å². The van der Waals surface area contributed by atoms with Gasteiger partial charge in [0.05, 0.1) is 18.0 Å². The normalized spacial score (nSPS) is 12.2. The number of rotatable bonds is 6. The van der Waals surface area contributed by atoms with Crippen LogP contribution in [-0.2, 0) is 0 Å². The third-order valence-electron chi connectivity index (χ3n) is 3.72. The number of hydrogen-bond donors (Lipinski definition) is 1. The van der Waals surface area contributed by atoms with Gasteiger partial charge in [0.1, 0.15) is 5.82 Å². The van der Waals surface area contributed by atoms with E-state index in [1.54, 1.807) is 12.4 Å². The fourth-order valence-electron chi connectivity index (χ4n) is 2.35. The molecule has 0 bridgehead atoms. The second kappa shape index (κ2) is 7.63. The lowest BCUT2D eigenvalue weighted by Crippen LogP contribution is -2.20. The number of hydrogen-bond acceptors (Lipinski definition) is 6. The first kappa shape index (κ1) is 17.4. The van der Waals surface area contributed by atoms with E-state index in [2.05, 4.69) is 20.3 Å². The Kier molecular flexibility index (Phi) is 5.31. The van der Waals surface area contributed by atoms with Gasteiger partial charge in [0, 0.05) is 16.6 Å². The monoisotopic (exact) mass is 357 g/mol. The summed E-state index contributed by atoms with van der Waals surface area (Å²) in [5, 5.41) is 16.4. The Morgan fingerprint density at radius 3 is 2.88 bits per heavy atom. The number of benzene rings is 1. The van der Waals surface area contributed by atoms with E-state index in [4.69, 9.17) is 16.3 Å². The van der Waals surface area contributed by atoms with Crippen LogP contribution in [0.15, 0.2) is 36.7 Å². The Morgan fingerprint density at radius 2 is 2.08 bits per heavy atom. The second-order valence-corrected chi connectivity index (χ2v) is 6.13. The van der Waals surface area contributed by atoms with Crippen molar-refractivity contribution < 1.29 is 9.84 Å². The molecule has 0 aliphatic carbocycles. The van der Waals surface area contributed by atoms with E-state index in [1.165, 1.54) is 0 Å². The lowest BCUT2D eigenvalue weighted by atomic mass is 10.2. The molecule has 0 amide bonds. The molecule has 1 atom stereocenters. The molecule has 1 aromatic carbocycles. The van der Waals surface area contributed by atoms with Crippen LogP contribution in [0.5, 0.6) is 5.88 Å². The highest BCUT2D eigenvalue weighted by molar-refractivity contribution is 6.35. The molecule has 0 radical (unpaired) electrons. The van der Waals surface area contributed by atoms with Crippen molar-refractivity contribution in [2.75, 3.05) is 11.9 Å². The molecule has 0 saturated carbocycles. The van der Waals surface area contributed by atoms with E-state index in [9.17, 15) is 5.11 Å². The highest BCUT2D eigenvalue weighted by atomic mass is 35.5. The van der Waals surface area contributed by atoms with E-state index >= 15 is 0 Å². The average Bonchev–Trinajstić information content (AvgIpc) is 2.58. The molecule has 1 N–H and O–H groups in total. The van der Waals surface area contributed by atoms with Crippen molar-refractivity contribution in [1.29, 1.82) is 0 Å². The molecule has 0 spiro atoms. The Bertz CT molecular complexity index is 888. The van der Waals surface area contributed by atoms with Crippen LogP contribution < -0.4 is 15.2 Å². The van der Waals surface area contributed by atoms with Crippen molar-refractivity contribution in [3.05, 3.63) is 47.4 Å². The molecule has 25 heavy (non-hydrogen) atoms. The van der Waals surface area contributed by atoms with Crippen LogP contribution >= 0.6 is 11.6 Å². The number of nitrogens with one attached hydrogen (secondary N) is 1. The number of pyridine rings is 1. The molecule has 0 aliphatic rings. The van der Waals surface area contributed by atoms with Crippen molar-refractivity contribution in [3.63, 3.8) is 0 Å². The standard InChI is InChI=1S/C18H18ClN4O2/c1-11(6-7-24)25-18-12(2)20-10-17(23-18)22-16-8-13-4-3-5-15(19)14(13)9-21-16/h3-5,8-11H,6-7H2,1-2H3,(H,21,22,23)/q-1/t11-/m1/s1. The lowest BCUT2D eigenvalue weighted by Gasteiger charge is -2.17. The molecule has 0 fully saturated rings. The highest BCUT2D eigenvalue weighted by Gasteiger charge is 2.10. The molecule has 0 unspecified atom stereocenters. The minimum atomic E-state index is -0.207. The van der Waals surface area contributed by atoms with E-state index in [1.807, 2.05) is 38.1 Å². The maximum absolute atomic E-state index is 10.7. The number of nitrogens with zero attached hydrogens (tertiary/aromatic N) is 3. The van der Waals surface area contributed by atoms with Crippen LogP contribution in [0.1, 0.15) is 19.0 Å². The van der Waals surface area contributed by atoms with E-state index < -0.39 is 0 Å². The van der Waals surface area contributed by atoms with Crippen LogP contribution in [0.3, 0.4) is 0 Å². The number of ether oxygens (including phenoxy) is 1. The Morgan fingerprint density at radius 1 is 1.24 bits per heavy atom. The third kappa shape index (κ3) is 4.15. The van der Waals surface area contributed by atoms with Crippen molar-refractivity contribution >= 4 is 34.0 Å². The summed E-state index contributed by atoms with van der Waals surface area (Å²) in [6.07, 6.45) is 3.55. The summed E-state index contributed by atoms with van der Waals surface area (Å²) in [5.41, 5.74) is 0.668. The number of anilines is 2. The molecule has 6 nitrogen and oxygen atoms in total. The predicted octanol–water partition coefficient (Wildman–Crippen LogP) is 3.25. The predicted molar refractivity (Wildman–Crippen MR) is 96.4 cm³/mol. The van der Waals surface area contributed by atoms with Gasteiger partial charge < -0.3 is 15.2 Å². The molecular formula is C18H18ClN4O2-. The zero-order valence-corrected chi connectivity index (χ0v) is 14.7. The van der Waals surface area contributed by atoms with E-state index in [-0.39, 0.29) is 12.7 Å². The van der Waals surface area contributed by atoms with Gasteiger partial charge in [-0.2, -0.15) is 4.98 Å². The van der Waals surface area contributed by atoms with Gasteiger partial charge in [-0.15, -0.1) is 6.61 Å². The van der Waals surface area contributed by atoms with Crippen molar-refractivity contribution in [1.82, 2.24) is 15.0 Å². The molecule has 2 aromatic heterocycles. The van der Waals surface area contributed by atoms with Gasteiger partial charge >= 0.3 is 0 Å². The number of fused-ring (bicyclic) bond motifs is 1. The quantitative estimate of drug-likeness (QED) is 0.729. The van der Waals surface area contributed by atoms with Crippen molar-refractivity contribution in [2.45, 2.75) is 26.4 Å². The Hall–Kier alpha value is -2.44. The first-order valence-corrected chi connectivity index (χ1v) is 8.34. The molecule has 7 heteroatoms. The third-order valence-corrected chi connectivity index (χ3v) is 4.05. The fraction of sp³-hybridized carbons (Fsp3) is 0.278. The van der Waals surface area contributed by atoms with Gasteiger partial charge in [-0.25, -0.2) is 4.98 Å². The smallest absolute Gasteiger partial charge is 0.237 e. The SMILES string of the molecule is Cc1ncc(Nc2cc3cccc(Cl)c3cn2)nc1O[C@H](C)CC[O-]. The summed E-state index contributed by atoms with van der Waals surface area (Å²) in [5.74, 6) is 1.56. The molecule has 2 heterocycles. The summed E-state index contributed by atoms with van der Waals surface area (Å²) < 4.78 is 5.70. The maximum Gasteiger partial charge on any atom is 0.237 e. The topological polar surface area (TPSA) is 83.0 Å². The molecule has 0 saturated heterocycles. The zero-order valence-electron chi connectivity index (χ0n) is 14.0. The summed E-state index contributed by atoms with van der Waals surface area (Å²) in [4.78, 5) is 13.1. The van der Waals surface area contributed by atoms with Gasteiger partial charge in [-0.1, -0.05) is 23.7 Å². The minimum absolute atomic E-state index is 0.185. The van der Waals surface area contributed by atoms with Crippen LogP contribution in [0.25, 0.3) is 10.8 Å². The molecule has 3 rings (SSSR count). The summed E-state index contributed by atoms with van der Waals surface area (Å²) in [6.45, 7) is 3.47. The van der Waals surface area contributed by atoms with Crippen molar-refractivity contribution in [3.8, 4) is 5.88 Å². The summed E-state index contributed by atoms with van der Waals surface area (Å²) in [7, 11) is 0. The van der Waals surface area contributed by atoms with E-state index in [0.29, 0.717) is 34.7 Å². The first-order valence-electron chi connectivity index (χ1n) is 7.96. The van der Waals surface area contributed by atoms with Crippen LogP contribution in [0.2, 0.25) is 5.02 Å². The van der Waals surface area contributed by atoms with Gasteiger partial charge in [0.25, 0.3) is 0 Å². The zero-order chi connectivity index (χ0) is 17.8. The average molecular weight is 358 g/mol. The van der Waals surface area contributed by atoms with Crippen LogP contribution in [-0.4, -0.2) is 27.7 Å². The Labute approximate surface area is 150 Å². The second-order valence-electron chi connectivity index (χ2n) is 5.72. The number of aromatic nitrogens is 3. The largest absolute Gasteiger partial charge is 0.854 e. The molecular weight excluding hydrogens is 340 g/mol. The van der Waals surface area contributed by atoms with Gasteiger partial charge in [-0.05, 0) is 37.8 Å². The van der Waals surface area contributed by atoms with E-state index in [0.717, 1.165) is 10.8 Å². The van der Waals surface area contributed by atoms with Gasteiger partial charge in [0.15, 0.2) is 5.82 Å².